The Hall–Kier alpha value is -0.820. The lowest BCUT2D eigenvalue weighted by Crippen LogP contribution is -2.27. The second-order valence-electron chi connectivity index (χ2n) is 6.63. The van der Waals surface area contributed by atoms with Crippen molar-refractivity contribution in [2.45, 2.75) is 70.8 Å². The van der Waals surface area contributed by atoms with E-state index in [0.717, 1.165) is 18.8 Å². The number of aliphatic hydroxyl groups is 1. The maximum atomic E-state index is 10.8. The third kappa shape index (κ3) is 4.09. The van der Waals surface area contributed by atoms with E-state index in [9.17, 15) is 5.11 Å². The van der Waals surface area contributed by atoms with E-state index in [0.29, 0.717) is 11.8 Å². The molecule has 0 spiro atoms. The summed E-state index contributed by atoms with van der Waals surface area (Å²) in [4.78, 5) is 0. The molecule has 1 fully saturated rings. The van der Waals surface area contributed by atoms with E-state index in [1.165, 1.54) is 37.7 Å². The minimum Gasteiger partial charge on any atom is -0.392 e. The number of hydrogen-bond donors (Lipinski definition) is 1. The summed E-state index contributed by atoms with van der Waals surface area (Å²) in [5.41, 5.74) is 1.31. The van der Waals surface area contributed by atoms with E-state index < -0.39 is 0 Å². The first-order valence-corrected chi connectivity index (χ1v) is 8.45. The molecule has 0 aromatic heterocycles. The summed E-state index contributed by atoms with van der Waals surface area (Å²) in [6.45, 7) is 4.51. The zero-order valence-corrected chi connectivity index (χ0v) is 13.1. The lowest BCUT2D eigenvalue weighted by Gasteiger charge is -2.32. The van der Waals surface area contributed by atoms with Gasteiger partial charge in [-0.1, -0.05) is 82.7 Å². The lowest BCUT2D eigenvalue weighted by molar-refractivity contribution is 0.0833. The summed E-state index contributed by atoms with van der Waals surface area (Å²) in [5.74, 6) is 1.58. The Balaban J connectivity index is 2.05. The Morgan fingerprint density at radius 3 is 2.35 bits per heavy atom. The first-order valence-electron chi connectivity index (χ1n) is 8.45. The van der Waals surface area contributed by atoms with Crippen molar-refractivity contribution in [3.05, 3.63) is 35.9 Å². The van der Waals surface area contributed by atoms with Crippen LogP contribution < -0.4 is 0 Å². The average molecular weight is 274 g/mol. The van der Waals surface area contributed by atoms with E-state index >= 15 is 0 Å². The van der Waals surface area contributed by atoms with Gasteiger partial charge in [0.15, 0.2) is 0 Å². The van der Waals surface area contributed by atoms with Crippen LogP contribution in [0.2, 0.25) is 0 Å². The van der Waals surface area contributed by atoms with Crippen LogP contribution in [-0.4, -0.2) is 11.2 Å². The fourth-order valence-corrected chi connectivity index (χ4v) is 3.77. The van der Waals surface area contributed by atoms with Crippen LogP contribution in [0.4, 0.5) is 0 Å². The predicted molar refractivity (Wildman–Crippen MR) is 85.8 cm³/mol. The van der Waals surface area contributed by atoms with E-state index in [4.69, 9.17) is 0 Å². The molecule has 1 aliphatic rings. The van der Waals surface area contributed by atoms with E-state index in [2.05, 4.69) is 44.2 Å². The molecule has 3 unspecified atom stereocenters. The Morgan fingerprint density at radius 1 is 1.10 bits per heavy atom. The maximum absolute atomic E-state index is 10.8. The molecular formula is C19H30O. The Bertz CT molecular complexity index is 367. The molecule has 1 nitrogen and oxygen atoms in total. The SMILES string of the molecule is CCC(C)C(c1ccccc1)C(O)CC1CCCCC1. The van der Waals surface area contributed by atoms with Crippen LogP contribution in [0.1, 0.15) is 70.3 Å². The van der Waals surface area contributed by atoms with E-state index in [-0.39, 0.29) is 6.10 Å². The highest BCUT2D eigenvalue weighted by atomic mass is 16.3. The van der Waals surface area contributed by atoms with Crippen LogP contribution in [0, 0.1) is 11.8 Å². The fourth-order valence-electron chi connectivity index (χ4n) is 3.77. The third-order valence-corrected chi connectivity index (χ3v) is 5.16. The Labute approximate surface area is 124 Å². The number of rotatable bonds is 6. The van der Waals surface area contributed by atoms with Crippen LogP contribution in [0.5, 0.6) is 0 Å². The molecule has 1 aromatic rings. The van der Waals surface area contributed by atoms with Crippen LogP contribution in [0.3, 0.4) is 0 Å². The van der Waals surface area contributed by atoms with Gasteiger partial charge in [0.1, 0.15) is 0 Å². The van der Waals surface area contributed by atoms with Gasteiger partial charge in [0.25, 0.3) is 0 Å². The monoisotopic (exact) mass is 274 g/mol. The van der Waals surface area contributed by atoms with Crippen molar-refractivity contribution in [2.75, 3.05) is 0 Å². The first kappa shape index (κ1) is 15.6. The lowest BCUT2D eigenvalue weighted by atomic mass is 9.76. The standard InChI is InChI=1S/C19H30O/c1-3-15(2)19(17-12-8-5-9-13-17)18(20)14-16-10-6-4-7-11-16/h5,8-9,12-13,15-16,18-20H,3-4,6-7,10-11,14H2,1-2H3. The maximum Gasteiger partial charge on any atom is 0.0613 e. The third-order valence-electron chi connectivity index (χ3n) is 5.16. The number of hydrogen-bond acceptors (Lipinski definition) is 1. The van der Waals surface area contributed by atoms with Crippen LogP contribution >= 0.6 is 0 Å². The van der Waals surface area contributed by atoms with Gasteiger partial charge in [-0.15, -0.1) is 0 Å². The molecule has 112 valence electrons. The van der Waals surface area contributed by atoms with Crippen molar-refractivity contribution in [1.82, 2.24) is 0 Å². The molecular weight excluding hydrogens is 244 g/mol. The fraction of sp³-hybridized carbons (Fsp3) is 0.684. The summed E-state index contributed by atoms with van der Waals surface area (Å²) in [6.07, 6.45) is 8.67. The van der Waals surface area contributed by atoms with Gasteiger partial charge in [0, 0.05) is 5.92 Å². The minimum atomic E-state index is -0.185. The summed E-state index contributed by atoms with van der Waals surface area (Å²) < 4.78 is 0. The van der Waals surface area contributed by atoms with Crippen molar-refractivity contribution in [3.8, 4) is 0 Å². The molecule has 3 atom stereocenters. The van der Waals surface area contributed by atoms with Crippen LogP contribution in [0.15, 0.2) is 30.3 Å². The van der Waals surface area contributed by atoms with E-state index in [1.807, 2.05) is 0 Å². The molecule has 0 heterocycles. The first-order chi connectivity index (χ1) is 9.72. The quantitative estimate of drug-likeness (QED) is 0.760. The highest BCUT2D eigenvalue weighted by Gasteiger charge is 2.28. The normalized spacial score (nSPS) is 21.4. The second-order valence-corrected chi connectivity index (χ2v) is 6.63. The number of benzene rings is 1. The van der Waals surface area contributed by atoms with Gasteiger partial charge < -0.3 is 5.11 Å². The number of aliphatic hydroxyl groups excluding tert-OH is 1. The Morgan fingerprint density at radius 2 is 1.75 bits per heavy atom. The van der Waals surface area contributed by atoms with Gasteiger partial charge in [0.05, 0.1) is 6.10 Å². The summed E-state index contributed by atoms with van der Waals surface area (Å²) in [7, 11) is 0. The molecule has 0 amide bonds. The molecule has 1 heteroatoms. The van der Waals surface area contributed by atoms with Crippen LogP contribution in [0.25, 0.3) is 0 Å². The molecule has 20 heavy (non-hydrogen) atoms. The largest absolute Gasteiger partial charge is 0.392 e. The molecule has 1 aromatic carbocycles. The molecule has 2 rings (SSSR count). The van der Waals surface area contributed by atoms with Gasteiger partial charge >= 0.3 is 0 Å². The zero-order chi connectivity index (χ0) is 14.4. The highest BCUT2D eigenvalue weighted by Crippen LogP contribution is 2.36. The minimum absolute atomic E-state index is 0.185. The van der Waals surface area contributed by atoms with Crippen molar-refractivity contribution >= 4 is 0 Å². The predicted octanol–water partition coefficient (Wildman–Crippen LogP) is 5.15. The average Bonchev–Trinajstić information content (AvgIpc) is 2.49. The summed E-state index contributed by atoms with van der Waals surface area (Å²) in [5, 5.41) is 10.8. The smallest absolute Gasteiger partial charge is 0.0613 e. The van der Waals surface area contributed by atoms with Crippen molar-refractivity contribution in [2.24, 2.45) is 11.8 Å². The molecule has 0 radical (unpaired) electrons. The van der Waals surface area contributed by atoms with Crippen molar-refractivity contribution in [3.63, 3.8) is 0 Å². The molecule has 0 aliphatic heterocycles. The van der Waals surface area contributed by atoms with Crippen molar-refractivity contribution in [1.29, 1.82) is 0 Å². The Kier molecular flexibility index (Phi) is 6.09. The molecule has 0 saturated heterocycles. The van der Waals surface area contributed by atoms with Gasteiger partial charge in [0.2, 0.25) is 0 Å². The molecule has 1 saturated carbocycles. The van der Waals surface area contributed by atoms with Crippen molar-refractivity contribution < 1.29 is 5.11 Å². The second kappa shape index (κ2) is 7.83. The van der Waals surface area contributed by atoms with Gasteiger partial charge in [-0.3, -0.25) is 0 Å². The van der Waals surface area contributed by atoms with Gasteiger partial charge in [-0.25, -0.2) is 0 Å². The summed E-state index contributed by atoms with van der Waals surface area (Å²) >= 11 is 0. The molecule has 0 bridgehead atoms. The topological polar surface area (TPSA) is 20.2 Å². The van der Waals surface area contributed by atoms with Crippen LogP contribution in [-0.2, 0) is 0 Å². The van der Waals surface area contributed by atoms with Gasteiger partial charge in [-0.2, -0.15) is 0 Å². The molecule has 1 aliphatic carbocycles. The van der Waals surface area contributed by atoms with Gasteiger partial charge in [-0.05, 0) is 23.8 Å². The summed E-state index contributed by atoms with van der Waals surface area (Å²) in [6, 6.07) is 10.6. The van der Waals surface area contributed by atoms with E-state index in [1.54, 1.807) is 0 Å². The zero-order valence-electron chi connectivity index (χ0n) is 13.1. The molecule has 1 N–H and O–H groups in total. The highest BCUT2D eigenvalue weighted by molar-refractivity contribution is 5.21.